The lowest BCUT2D eigenvalue weighted by atomic mass is 10.2. The molecule has 16 heavy (non-hydrogen) atoms. The molecule has 1 rings (SSSR count). The quantitative estimate of drug-likeness (QED) is 0.624. The van der Waals surface area contributed by atoms with E-state index in [0.717, 1.165) is 43.8 Å². The molecule has 88 valence electrons. The third kappa shape index (κ3) is 4.99. The molecule has 0 heterocycles. The fourth-order valence-corrected chi connectivity index (χ4v) is 1.42. The van der Waals surface area contributed by atoms with Gasteiger partial charge in [-0.15, -0.1) is 0 Å². The Hall–Kier alpha value is -1.28. The van der Waals surface area contributed by atoms with Crippen LogP contribution in [0.1, 0.15) is 24.8 Å². The molecule has 1 aromatic rings. The second kappa shape index (κ2) is 7.94. The van der Waals surface area contributed by atoms with Crippen LogP contribution in [-0.2, 0) is 4.74 Å². The van der Waals surface area contributed by atoms with Crippen LogP contribution < -0.4 is 4.74 Å². The molecule has 0 bridgehead atoms. The average molecular weight is 220 g/mol. The number of ether oxygens (including phenoxy) is 2. The molecule has 0 amide bonds. The van der Waals surface area contributed by atoms with Crippen molar-refractivity contribution in [3.63, 3.8) is 0 Å². The highest BCUT2D eigenvalue weighted by molar-refractivity contribution is 5.48. The van der Waals surface area contributed by atoms with Crippen molar-refractivity contribution >= 4 is 6.08 Å². The zero-order chi connectivity index (χ0) is 11.6. The number of methoxy groups -OCH3 is 1. The van der Waals surface area contributed by atoms with Crippen LogP contribution in [0.2, 0.25) is 0 Å². The highest BCUT2D eigenvalue weighted by Gasteiger charge is 1.94. The first-order valence-electron chi connectivity index (χ1n) is 5.71. The van der Waals surface area contributed by atoms with Crippen LogP contribution in [-0.4, -0.2) is 20.3 Å². The fourth-order valence-electron chi connectivity index (χ4n) is 1.42. The topological polar surface area (TPSA) is 18.5 Å². The third-order valence-electron chi connectivity index (χ3n) is 2.38. The predicted molar refractivity (Wildman–Crippen MR) is 67.8 cm³/mol. The maximum Gasteiger partial charge on any atom is 0.119 e. The van der Waals surface area contributed by atoms with Gasteiger partial charge in [0.25, 0.3) is 0 Å². The number of hydrogen-bond acceptors (Lipinski definition) is 2. The lowest BCUT2D eigenvalue weighted by molar-refractivity contribution is 0.189. The first-order valence-corrected chi connectivity index (χ1v) is 5.71. The highest BCUT2D eigenvalue weighted by atomic mass is 16.5. The Kier molecular flexibility index (Phi) is 6.35. The Labute approximate surface area is 97.9 Å². The predicted octanol–water partition coefficient (Wildman–Crippen LogP) is 3.53. The Bertz CT molecular complexity index is 290. The Morgan fingerprint density at radius 2 is 1.75 bits per heavy atom. The summed E-state index contributed by atoms with van der Waals surface area (Å²) in [5, 5.41) is 0. The molecular formula is C14H20O2. The molecular weight excluding hydrogens is 200 g/mol. The molecule has 0 saturated carbocycles. The number of benzene rings is 1. The first kappa shape index (κ1) is 12.8. The largest absolute Gasteiger partial charge is 0.494 e. The summed E-state index contributed by atoms with van der Waals surface area (Å²) in [6.45, 7) is 5.33. The summed E-state index contributed by atoms with van der Waals surface area (Å²) in [5.74, 6) is 0.928. The van der Waals surface area contributed by atoms with Crippen LogP contribution in [0, 0.1) is 0 Å². The van der Waals surface area contributed by atoms with Gasteiger partial charge in [0.15, 0.2) is 0 Å². The number of rotatable bonds is 8. The van der Waals surface area contributed by atoms with E-state index in [0.29, 0.717) is 0 Å². The van der Waals surface area contributed by atoms with Crippen molar-refractivity contribution in [3.8, 4) is 5.75 Å². The average Bonchev–Trinajstić information content (AvgIpc) is 2.34. The lowest BCUT2D eigenvalue weighted by Crippen LogP contribution is -1.98. The van der Waals surface area contributed by atoms with Crippen molar-refractivity contribution in [2.75, 3.05) is 20.3 Å². The molecule has 0 unspecified atom stereocenters. The molecule has 1 aromatic carbocycles. The summed E-state index contributed by atoms with van der Waals surface area (Å²) in [4.78, 5) is 0. The van der Waals surface area contributed by atoms with Gasteiger partial charge in [0, 0.05) is 13.7 Å². The van der Waals surface area contributed by atoms with Crippen LogP contribution >= 0.6 is 0 Å². The molecule has 0 atom stereocenters. The molecule has 0 fully saturated rings. The first-order chi connectivity index (χ1) is 7.86. The monoisotopic (exact) mass is 220 g/mol. The van der Waals surface area contributed by atoms with E-state index in [-0.39, 0.29) is 0 Å². The molecule has 0 aliphatic rings. The van der Waals surface area contributed by atoms with Crippen LogP contribution in [0.5, 0.6) is 5.75 Å². The lowest BCUT2D eigenvalue weighted by Gasteiger charge is -2.06. The van der Waals surface area contributed by atoms with Gasteiger partial charge in [-0.2, -0.15) is 0 Å². The summed E-state index contributed by atoms with van der Waals surface area (Å²) < 4.78 is 10.6. The van der Waals surface area contributed by atoms with Gasteiger partial charge in [0.1, 0.15) is 5.75 Å². The van der Waals surface area contributed by atoms with E-state index in [2.05, 4.69) is 6.58 Å². The molecule has 0 N–H and O–H groups in total. The Morgan fingerprint density at radius 1 is 1.06 bits per heavy atom. The van der Waals surface area contributed by atoms with E-state index in [1.807, 2.05) is 30.3 Å². The van der Waals surface area contributed by atoms with Gasteiger partial charge >= 0.3 is 0 Å². The second-order valence-electron chi connectivity index (χ2n) is 3.68. The fraction of sp³-hybridized carbons (Fsp3) is 0.429. The van der Waals surface area contributed by atoms with Crippen molar-refractivity contribution in [2.45, 2.75) is 19.3 Å². The molecule has 0 saturated heterocycles. The van der Waals surface area contributed by atoms with Gasteiger partial charge in [-0.25, -0.2) is 0 Å². The van der Waals surface area contributed by atoms with Crippen molar-refractivity contribution in [1.82, 2.24) is 0 Å². The Morgan fingerprint density at radius 3 is 2.38 bits per heavy atom. The molecule has 0 spiro atoms. The van der Waals surface area contributed by atoms with Crippen molar-refractivity contribution in [2.24, 2.45) is 0 Å². The van der Waals surface area contributed by atoms with Gasteiger partial charge in [0.05, 0.1) is 6.61 Å². The zero-order valence-electron chi connectivity index (χ0n) is 9.95. The molecule has 2 nitrogen and oxygen atoms in total. The summed E-state index contributed by atoms with van der Waals surface area (Å²) in [5.41, 5.74) is 1.12. The number of hydrogen-bond donors (Lipinski definition) is 0. The van der Waals surface area contributed by atoms with Gasteiger partial charge in [-0.05, 0) is 37.0 Å². The molecule has 0 radical (unpaired) electrons. The second-order valence-corrected chi connectivity index (χ2v) is 3.68. The molecule has 0 aromatic heterocycles. The van der Waals surface area contributed by atoms with Crippen LogP contribution in [0.4, 0.5) is 0 Å². The zero-order valence-corrected chi connectivity index (χ0v) is 9.95. The van der Waals surface area contributed by atoms with Crippen LogP contribution in [0.15, 0.2) is 30.8 Å². The highest BCUT2D eigenvalue weighted by Crippen LogP contribution is 2.13. The van der Waals surface area contributed by atoms with E-state index < -0.39 is 0 Å². The van der Waals surface area contributed by atoms with Gasteiger partial charge < -0.3 is 9.47 Å². The summed E-state index contributed by atoms with van der Waals surface area (Å²) in [7, 11) is 1.73. The minimum atomic E-state index is 0.775. The van der Waals surface area contributed by atoms with Crippen molar-refractivity contribution in [3.05, 3.63) is 36.4 Å². The van der Waals surface area contributed by atoms with Crippen LogP contribution in [0.3, 0.4) is 0 Å². The van der Waals surface area contributed by atoms with Gasteiger partial charge in [-0.3, -0.25) is 0 Å². The van der Waals surface area contributed by atoms with E-state index in [1.165, 1.54) is 0 Å². The SMILES string of the molecule is C=Cc1ccc(OCCCCCOC)cc1. The van der Waals surface area contributed by atoms with Crippen LogP contribution in [0.25, 0.3) is 6.08 Å². The third-order valence-corrected chi connectivity index (χ3v) is 2.38. The van der Waals surface area contributed by atoms with E-state index in [9.17, 15) is 0 Å². The van der Waals surface area contributed by atoms with E-state index in [4.69, 9.17) is 9.47 Å². The smallest absolute Gasteiger partial charge is 0.119 e. The minimum Gasteiger partial charge on any atom is -0.494 e. The number of unbranched alkanes of at least 4 members (excludes halogenated alkanes) is 2. The van der Waals surface area contributed by atoms with E-state index in [1.54, 1.807) is 7.11 Å². The maximum absolute atomic E-state index is 5.61. The molecule has 0 aliphatic heterocycles. The minimum absolute atomic E-state index is 0.775. The normalized spacial score (nSPS) is 10.1. The summed E-state index contributed by atoms with van der Waals surface area (Å²) in [6, 6.07) is 7.97. The molecule has 0 aliphatic carbocycles. The standard InChI is InChI=1S/C14H20O2/c1-3-13-7-9-14(10-8-13)16-12-6-4-5-11-15-2/h3,7-10H,1,4-6,11-12H2,2H3. The molecule has 2 heteroatoms. The van der Waals surface area contributed by atoms with Crippen molar-refractivity contribution < 1.29 is 9.47 Å². The maximum atomic E-state index is 5.61. The van der Waals surface area contributed by atoms with Crippen molar-refractivity contribution in [1.29, 1.82) is 0 Å². The Balaban J connectivity index is 2.14. The van der Waals surface area contributed by atoms with Gasteiger partial charge in [-0.1, -0.05) is 24.8 Å². The summed E-state index contributed by atoms with van der Waals surface area (Å²) >= 11 is 0. The van der Waals surface area contributed by atoms with Gasteiger partial charge in [0.2, 0.25) is 0 Å². The summed E-state index contributed by atoms with van der Waals surface area (Å²) in [6.07, 6.45) is 5.16. The van der Waals surface area contributed by atoms with E-state index >= 15 is 0 Å².